The molecule has 0 saturated carbocycles. The number of carbonyl (C=O) groups excluding carboxylic acids is 1. The average Bonchev–Trinajstić information content (AvgIpc) is 2.39. The highest BCUT2D eigenvalue weighted by Crippen LogP contribution is 2.02. The van der Waals surface area contributed by atoms with E-state index in [-0.39, 0.29) is 5.91 Å². The normalized spacial score (nSPS) is 19.4. The first-order chi connectivity index (χ1) is 6.74. The minimum absolute atomic E-state index is 0.287. The van der Waals surface area contributed by atoms with Gasteiger partial charge in [-0.1, -0.05) is 0 Å². The van der Waals surface area contributed by atoms with Crippen LogP contribution in [0, 0.1) is 0 Å². The van der Waals surface area contributed by atoms with Crippen LogP contribution in [-0.2, 0) is 4.79 Å². The molecule has 0 aromatic carbocycles. The van der Waals surface area contributed by atoms with Gasteiger partial charge in [0, 0.05) is 32.6 Å². The van der Waals surface area contributed by atoms with Gasteiger partial charge < -0.3 is 15.1 Å². The first-order valence-electron chi connectivity index (χ1n) is 5.35. The first kappa shape index (κ1) is 11.5. The fraction of sp³-hybridized carbons (Fsp3) is 0.900. The van der Waals surface area contributed by atoms with Crippen LogP contribution < -0.4 is 5.32 Å². The molecule has 0 unspecified atom stereocenters. The fourth-order valence-electron chi connectivity index (χ4n) is 1.69. The lowest BCUT2D eigenvalue weighted by atomic mass is 10.3. The van der Waals surface area contributed by atoms with Gasteiger partial charge in [-0.3, -0.25) is 4.79 Å². The Balaban J connectivity index is 2.31. The molecule has 0 bridgehead atoms. The first-order valence-corrected chi connectivity index (χ1v) is 5.35. The predicted molar refractivity (Wildman–Crippen MR) is 57.2 cm³/mol. The van der Waals surface area contributed by atoms with Crippen molar-refractivity contribution in [2.24, 2.45) is 0 Å². The van der Waals surface area contributed by atoms with Gasteiger partial charge in [0.2, 0.25) is 5.91 Å². The Bertz CT molecular complexity index is 184. The van der Waals surface area contributed by atoms with Gasteiger partial charge in [-0.05, 0) is 27.1 Å². The molecule has 1 N–H and O–H groups in total. The summed E-state index contributed by atoms with van der Waals surface area (Å²) in [6, 6.07) is 0. The van der Waals surface area contributed by atoms with Crippen molar-refractivity contribution >= 4 is 5.91 Å². The number of likely N-dealkylation sites (N-methyl/N-ethyl adjacent to an activating group) is 1. The maximum atomic E-state index is 11.7. The number of carbonyl (C=O) groups is 1. The summed E-state index contributed by atoms with van der Waals surface area (Å²) in [5.74, 6) is 0.287. The summed E-state index contributed by atoms with van der Waals surface area (Å²) in [4.78, 5) is 16.0. The molecule has 1 rings (SSSR count). The molecule has 0 aromatic heterocycles. The molecular weight excluding hydrogens is 178 g/mol. The lowest BCUT2D eigenvalue weighted by Crippen LogP contribution is -2.35. The van der Waals surface area contributed by atoms with E-state index in [1.807, 2.05) is 11.9 Å². The van der Waals surface area contributed by atoms with E-state index in [0.29, 0.717) is 6.42 Å². The van der Waals surface area contributed by atoms with Gasteiger partial charge in [0.15, 0.2) is 0 Å². The standard InChI is InChI=1S/C10H21N3O/c1-11-5-4-10(14)13-7-3-6-12(2)8-9-13/h11H,3-9H2,1-2H3. The molecule has 0 aromatic rings. The van der Waals surface area contributed by atoms with Crippen LogP contribution in [0.3, 0.4) is 0 Å². The molecule has 1 aliphatic rings. The second-order valence-corrected chi connectivity index (χ2v) is 3.89. The molecule has 0 atom stereocenters. The van der Waals surface area contributed by atoms with Crippen molar-refractivity contribution < 1.29 is 4.79 Å². The molecule has 0 aliphatic carbocycles. The van der Waals surface area contributed by atoms with E-state index in [1.54, 1.807) is 0 Å². The zero-order chi connectivity index (χ0) is 10.4. The Morgan fingerprint density at radius 3 is 2.79 bits per heavy atom. The van der Waals surface area contributed by atoms with E-state index in [9.17, 15) is 4.79 Å². The molecule has 4 heteroatoms. The molecule has 1 fully saturated rings. The topological polar surface area (TPSA) is 35.6 Å². The van der Waals surface area contributed by atoms with Crippen molar-refractivity contribution in [3.63, 3.8) is 0 Å². The third kappa shape index (κ3) is 3.64. The van der Waals surface area contributed by atoms with Gasteiger partial charge in [-0.15, -0.1) is 0 Å². The third-order valence-corrected chi connectivity index (χ3v) is 2.66. The maximum Gasteiger partial charge on any atom is 0.223 e. The second kappa shape index (κ2) is 5.98. The highest BCUT2D eigenvalue weighted by Gasteiger charge is 2.16. The molecule has 0 spiro atoms. The Morgan fingerprint density at radius 1 is 1.29 bits per heavy atom. The number of nitrogens with zero attached hydrogens (tertiary/aromatic N) is 2. The number of amides is 1. The van der Waals surface area contributed by atoms with E-state index >= 15 is 0 Å². The zero-order valence-electron chi connectivity index (χ0n) is 9.25. The lowest BCUT2D eigenvalue weighted by Gasteiger charge is -2.20. The summed E-state index contributed by atoms with van der Waals surface area (Å²) in [6.45, 7) is 4.71. The molecule has 14 heavy (non-hydrogen) atoms. The third-order valence-electron chi connectivity index (χ3n) is 2.66. The van der Waals surface area contributed by atoms with Crippen LogP contribution >= 0.6 is 0 Å². The second-order valence-electron chi connectivity index (χ2n) is 3.89. The molecule has 4 nitrogen and oxygen atoms in total. The lowest BCUT2D eigenvalue weighted by molar-refractivity contribution is -0.130. The van der Waals surface area contributed by atoms with Crippen molar-refractivity contribution in [3.05, 3.63) is 0 Å². The summed E-state index contributed by atoms with van der Waals surface area (Å²) >= 11 is 0. The van der Waals surface area contributed by atoms with Crippen LogP contribution in [0.5, 0.6) is 0 Å². The van der Waals surface area contributed by atoms with Crippen LogP contribution in [0.2, 0.25) is 0 Å². The predicted octanol–water partition coefficient (Wildman–Crippen LogP) is -0.240. The van der Waals surface area contributed by atoms with Gasteiger partial charge in [0.05, 0.1) is 0 Å². The monoisotopic (exact) mass is 199 g/mol. The average molecular weight is 199 g/mol. The number of rotatable bonds is 3. The van der Waals surface area contributed by atoms with Crippen LogP contribution in [0.25, 0.3) is 0 Å². The van der Waals surface area contributed by atoms with Crippen molar-refractivity contribution in [1.82, 2.24) is 15.1 Å². The van der Waals surface area contributed by atoms with E-state index in [2.05, 4.69) is 17.3 Å². The Hall–Kier alpha value is -0.610. The summed E-state index contributed by atoms with van der Waals surface area (Å²) in [5.41, 5.74) is 0. The SMILES string of the molecule is CNCCC(=O)N1CCCN(C)CC1. The van der Waals surface area contributed by atoms with Crippen molar-refractivity contribution in [2.75, 3.05) is 46.8 Å². The zero-order valence-corrected chi connectivity index (χ0v) is 9.25. The van der Waals surface area contributed by atoms with Gasteiger partial charge in [0.25, 0.3) is 0 Å². The smallest absolute Gasteiger partial charge is 0.223 e. The van der Waals surface area contributed by atoms with E-state index < -0.39 is 0 Å². The molecular formula is C10H21N3O. The van der Waals surface area contributed by atoms with E-state index in [1.165, 1.54) is 0 Å². The Morgan fingerprint density at radius 2 is 2.07 bits per heavy atom. The van der Waals surface area contributed by atoms with Crippen molar-refractivity contribution in [1.29, 1.82) is 0 Å². The summed E-state index contributed by atoms with van der Waals surface area (Å²) in [7, 11) is 3.99. The summed E-state index contributed by atoms with van der Waals surface area (Å²) in [5, 5.41) is 3.00. The van der Waals surface area contributed by atoms with Gasteiger partial charge in [-0.25, -0.2) is 0 Å². The minimum Gasteiger partial charge on any atom is -0.341 e. The Kier molecular flexibility index (Phi) is 4.90. The van der Waals surface area contributed by atoms with Crippen LogP contribution in [0.15, 0.2) is 0 Å². The molecule has 1 aliphatic heterocycles. The minimum atomic E-state index is 0.287. The van der Waals surface area contributed by atoms with Crippen molar-refractivity contribution in [2.45, 2.75) is 12.8 Å². The largest absolute Gasteiger partial charge is 0.341 e. The van der Waals surface area contributed by atoms with Crippen LogP contribution in [0.1, 0.15) is 12.8 Å². The highest BCUT2D eigenvalue weighted by molar-refractivity contribution is 5.76. The quantitative estimate of drug-likeness (QED) is 0.681. The van der Waals surface area contributed by atoms with Gasteiger partial charge in [0.1, 0.15) is 0 Å². The van der Waals surface area contributed by atoms with Crippen LogP contribution in [0.4, 0.5) is 0 Å². The number of hydrogen-bond donors (Lipinski definition) is 1. The van der Waals surface area contributed by atoms with E-state index in [0.717, 1.165) is 39.1 Å². The highest BCUT2D eigenvalue weighted by atomic mass is 16.2. The maximum absolute atomic E-state index is 11.7. The molecule has 1 amide bonds. The molecule has 0 radical (unpaired) electrons. The van der Waals surface area contributed by atoms with Crippen LogP contribution in [-0.4, -0.2) is 62.5 Å². The number of hydrogen-bond acceptors (Lipinski definition) is 3. The molecule has 82 valence electrons. The van der Waals surface area contributed by atoms with Gasteiger partial charge >= 0.3 is 0 Å². The molecule has 1 saturated heterocycles. The number of nitrogens with one attached hydrogen (secondary N) is 1. The van der Waals surface area contributed by atoms with Crippen molar-refractivity contribution in [3.8, 4) is 0 Å². The summed E-state index contributed by atoms with van der Waals surface area (Å²) < 4.78 is 0. The molecule has 1 heterocycles. The van der Waals surface area contributed by atoms with E-state index in [4.69, 9.17) is 0 Å². The summed E-state index contributed by atoms with van der Waals surface area (Å²) in [6.07, 6.45) is 1.72. The Labute approximate surface area is 86.2 Å². The van der Waals surface area contributed by atoms with Gasteiger partial charge in [-0.2, -0.15) is 0 Å². The fourth-order valence-corrected chi connectivity index (χ4v) is 1.69.